The summed E-state index contributed by atoms with van der Waals surface area (Å²) in [6.07, 6.45) is 0.373. The molecule has 1 aromatic rings. The number of halogens is 2. The van der Waals surface area contributed by atoms with Crippen molar-refractivity contribution < 1.29 is 28.3 Å². The van der Waals surface area contributed by atoms with Gasteiger partial charge in [-0.25, -0.2) is 8.78 Å². The molecule has 1 fully saturated rings. The number of rotatable bonds is 4. The van der Waals surface area contributed by atoms with Gasteiger partial charge in [0.25, 0.3) is 5.91 Å². The highest BCUT2D eigenvalue weighted by molar-refractivity contribution is 5.96. The minimum absolute atomic E-state index is 0.100. The maximum Gasteiger partial charge on any atom is 0.308 e. The minimum atomic E-state index is -1.15. The predicted molar refractivity (Wildman–Crippen MR) is 71.0 cm³/mol. The molecule has 1 heterocycles. The molecule has 1 aliphatic heterocycles. The fourth-order valence-corrected chi connectivity index (χ4v) is 2.20. The van der Waals surface area contributed by atoms with Gasteiger partial charge < -0.3 is 15.3 Å². The lowest BCUT2D eigenvalue weighted by Crippen LogP contribution is -2.39. The van der Waals surface area contributed by atoms with E-state index in [1.807, 2.05) is 0 Å². The molecule has 0 bridgehead atoms. The Labute approximate surface area is 124 Å². The van der Waals surface area contributed by atoms with E-state index in [4.69, 9.17) is 5.11 Å². The third-order valence-electron chi connectivity index (χ3n) is 3.47. The van der Waals surface area contributed by atoms with E-state index in [0.29, 0.717) is 13.0 Å². The number of likely N-dealkylation sites (tertiary alicyclic amines) is 1. The first-order valence-electron chi connectivity index (χ1n) is 6.62. The molecule has 1 aromatic carbocycles. The average molecular weight is 312 g/mol. The lowest BCUT2D eigenvalue weighted by Gasteiger charge is -2.16. The highest BCUT2D eigenvalue weighted by Gasteiger charge is 2.30. The molecule has 0 aliphatic carbocycles. The third kappa shape index (κ3) is 3.57. The lowest BCUT2D eigenvalue weighted by molar-refractivity contribution is -0.141. The van der Waals surface area contributed by atoms with Gasteiger partial charge in [0.05, 0.1) is 12.5 Å². The van der Waals surface area contributed by atoms with E-state index < -0.39 is 35.3 Å². The summed E-state index contributed by atoms with van der Waals surface area (Å²) in [7, 11) is 0. The van der Waals surface area contributed by atoms with Crippen LogP contribution in [0.2, 0.25) is 0 Å². The number of carbonyl (C=O) groups excluding carboxylic acids is 2. The fraction of sp³-hybridized carbons (Fsp3) is 0.357. The molecule has 8 heteroatoms. The van der Waals surface area contributed by atoms with Gasteiger partial charge in [0, 0.05) is 18.7 Å². The Kier molecular flexibility index (Phi) is 4.69. The second kappa shape index (κ2) is 6.50. The van der Waals surface area contributed by atoms with E-state index in [1.165, 1.54) is 4.90 Å². The summed E-state index contributed by atoms with van der Waals surface area (Å²) in [5, 5.41) is 11.2. The first-order chi connectivity index (χ1) is 10.4. The zero-order valence-corrected chi connectivity index (χ0v) is 11.5. The van der Waals surface area contributed by atoms with E-state index >= 15 is 0 Å². The number of carbonyl (C=O) groups is 3. The quantitative estimate of drug-likeness (QED) is 0.853. The maximum atomic E-state index is 13.0. The highest BCUT2D eigenvalue weighted by Crippen LogP contribution is 2.16. The minimum Gasteiger partial charge on any atom is -0.481 e. The maximum absolute atomic E-state index is 13.0. The van der Waals surface area contributed by atoms with Crippen molar-refractivity contribution in [3.05, 3.63) is 35.4 Å². The van der Waals surface area contributed by atoms with Gasteiger partial charge >= 0.3 is 5.97 Å². The van der Waals surface area contributed by atoms with Crippen molar-refractivity contribution in [3.63, 3.8) is 0 Å². The number of carboxylic acids is 1. The zero-order valence-electron chi connectivity index (χ0n) is 11.5. The Hall–Kier alpha value is -2.51. The third-order valence-corrected chi connectivity index (χ3v) is 3.47. The summed E-state index contributed by atoms with van der Waals surface area (Å²) in [6.45, 7) is 0.0935. The van der Waals surface area contributed by atoms with Crippen molar-refractivity contribution in [2.75, 3.05) is 19.6 Å². The molecule has 22 heavy (non-hydrogen) atoms. The Bertz CT molecular complexity index is 621. The van der Waals surface area contributed by atoms with Crippen LogP contribution in [0.3, 0.4) is 0 Å². The van der Waals surface area contributed by atoms with E-state index in [-0.39, 0.29) is 18.7 Å². The lowest BCUT2D eigenvalue weighted by atomic mass is 10.1. The number of benzene rings is 1. The van der Waals surface area contributed by atoms with E-state index in [9.17, 15) is 23.2 Å². The number of hydrogen-bond acceptors (Lipinski definition) is 3. The van der Waals surface area contributed by atoms with Gasteiger partial charge in [-0.3, -0.25) is 14.4 Å². The molecule has 6 nitrogen and oxygen atoms in total. The van der Waals surface area contributed by atoms with Crippen LogP contribution in [0.15, 0.2) is 18.2 Å². The van der Waals surface area contributed by atoms with Gasteiger partial charge in [0.1, 0.15) is 0 Å². The normalized spacial score (nSPS) is 17.4. The standard InChI is InChI=1S/C14H14F2N2O4/c15-10-2-1-8(5-11(10)16)13(20)17-6-12(19)18-4-3-9(7-18)14(21)22/h1-2,5,9H,3-4,6-7H2,(H,17,20)(H,21,22). The number of aliphatic carboxylic acids is 1. The van der Waals surface area contributed by atoms with Crippen LogP contribution in [0.1, 0.15) is 16.8 Å². The Balaban J connectivity index is 1.87. The van der Waals surface area contributed by atoms with Gasteiger partial charge in [0.15, 0.2) is 11.6 Å². The van der Waals surface area contributed by atoms with Crippen LogP contribution < -0.4 is 5.32 Å². The van der Waals surface area contributed by atoms with Crippen LogP contribution >= 0.6 is 0 Å². The largest absolute Gasteiger partial charge is 0.481 e. The molecule has 1 atom stereocenters. The summed E-state index contributed by atoms with van der Waals surface area (Å²) in [5.74, 6) is -4.89. The van der Waals surface area contributed by atoms with Gasteiger partial charge in [-0.1, -0.05) is 0 Å². The monoisotopic (exact) mass is 312 g/mol. The molecule has 0 spiro atoms. The second-order valence-electron chi connectivity index (χ2n) is 4.98. The Morgan fingerprint density at radius 3 is 2.59 bits per heavy atom. The molecular weight excluding hydrogens is 298 g/mol. The number of nitrogens with one attached hydrogen (secondary N) is 1. The second-order valence-corrected chi connectivity index (χ2v) is 4.98. The van der Waals surface area contributed by atoms with Crippen molar-refractivity contribution in [1.82, 2.24) is 10.2 Å². The van der Waals surface area contributed by atoms with Gasteiger partial charge in [-0.2, -0.15) is 0 Å². The number of amides is 2. The first kappa shape index (κ1) is 15.9. The summed E-state index contributed by atoms with van der Waals surface area (Å²) in [4.78, 5) is 35.7. The molecule has 2 rings (SSSR count). The molecular formula is C14H14F2N2O4. The molecule has 0 radical (unpaired) electrons. The smallest absolute Gasteiger partial charge is 0.308 e. The summed E-state index contributed by atoms with van der Waals surface area (Å²) >= 11 is 0. The average Bonchev–Trinajstić information content (AvgIpc) is 2.97. The van der Waals surface area contributed by atoms with Crippen LogP contribution in [-0.2, 0) is 9.59 Å². The SMILES string of the molecule is O=C(NCC(=O)N1CCC(C(=O)O)C1)c1ccc(F)c(F)c1. The van der Waals surface area contributed by atoms with Crippen molar-refractivity contribution in [2.24, 2.45) is 5.92 Å². The summed E-state index contributed by atoms with van der Waals surface area (Å²) in [6, 6.07) is 2.67. The van der Waals surface area contributed by atoms with Crippen LogP contribution in [-0.4, -0.2) is 47.4 Å². The van der Waals surface area contributed by atoms with E-state index in [1.54, 1.807) is 0 Å². The number of nitrogens with zero attached hydrogens (tertiary/aromatic N) is 1. The Morgan fingerprint density at radius 2 is 2.00 bits per heavy atom. The molecule has 118 valence electrons. The van der Waals surface area contributed by atoms with Crippen LogP contribution in [0.4, 0.5) is 8.78 Å². The Morgan fingerprint density at radius 1 is 1.27 bits per heavy atom. The van der Waals surface area contributed by atoms with Crippen molar-refractivity contribution >= 4 is 17.8 Å². The predicted octanol–water partition coefficient (Wildman–Crippen LogP) is 0.628. The van der Waals surface area contributed by atoms with Crippen molar-refractivity contribution in [3.8, 4) is 0 Å². The molecule has 1 unspecified atom stereocenters. The van der Waals surface area contributed by atoms with Crippen LogP contribution in [0.5, 0.6) is 0 Å². The zero-order chi connectivity index (χ0) is 16.3. The molecule has 2 amide bonds. The molecule has 1 aliphatic rings. The van der Waals surface area contributed by atoms with E-state index in [2.05, 4.69) is 5.32 Å². The van der Waals surface area contributed by atoms with E-state index in [0.717, 1.165) is 18.2 Å². The van der Waals surface area contributed by atoms with Crippen molar-refractivity contribution in [1.29, 1.82) is 0 Å². The van der Waals surface area contributed by atoms with Gasteiger partial charge in [-0.15, -0.1) is 0 Å². The molecule has 0 saturated carbocycles. The number of carboxylic acid groups (broad SMARTS) is 1. The first-order valence-corrected chi connectivity index (χ1v) is 6.62. The fourth-order valence-electron chi connectivity index (χ4n) is 2.20. The molecule has 2 N–H and O–H groups in total. The van der Waals surface area contributed by atoms with Crippen LogP contribution in [0.25, 0.3) is 0 Å². The van der Waals surface area contributed by atoms with Crippen molar-refractivity contribution in [2.45, 2.75) is 6.42 Å². The van der Waals surface area contributed by atoms with Gasteiger partial charge in [-0.05, 0) is 24.6 Å². The number of hydrogen-bond donors (Lipinski definition) is 2. The highest BCUT2D eigenvalue weighted by atomic mass is 19.2. The van der Waals surface area contributed by atoms with Gasteiger partial charge in [0.2, 0.25) is 5.91 Å². The molecule has 0 aromatic heterocycles. The topological polar surface area (TPSA) is 86.7 Å². The summed E-state index contributed by atoms with van der Waals surface area (Å²) < 4.78 is 25.8. The van der Waals surface area contributed by atoms with Crippen LogP contribution in [0, 0.1) is 17.6 Å². The summed E-state index contributed by atoms with van der Waals surface area (Å²) in [5.41, 5.74) is -0.100. The molecule has 1 saturated heterocycles.